The van der Waals surface area contributed by atoms with Crippen LogP contribution in [0.3, 0.4) is 0 Å². The number of methoxy groups -OCH3 is 1. The van der Waals surface area contributed by atoms with Gasteiger partial charge in [-0.3, -0.25) is 9.78 Å². The highest BCUT2D eigenvalue weighted by Crippen LogP contribution is 2.28. The van der Waals surface area contributed by atoms with E-state index in [1.54, 1.807) is 40.1 Å². The van der Waals surface area contributed by atoms with Gasteiger partial charge in [-0.05, 0) is 68.0 Å². The van der Waals surface area contributed by atoms with Gasteiger partial charge < -0.3 is 15.0 Å². The standard InChI is InChI=1S/C25H36N4O4S2/c1-19-15-23(33-4)16-20(2)25(19)35(31,32)28(3)13-14-34-18-24(30)27-17-21-7-11-29(12-8-21)22-5-9-26-10-6-22/h5-6,9-10,15-16,21H,7-8,11-14,17-18H2,1-4H3,(H,27,30). The first kappa shape index (κ1) is 27.3. The van der Waals surface area contributed by atoms with E-state index in [0.29, 0.717) is 52.3 Å². The zero-order chi connectivity index (χ0) is 25.4. The molecule has 1 aromatic heterocycles. The first-order valence-electron chi connectivity index (χ1n) is 11.8. The van der Waals surface area contributed by atoms with Gasteiger partial charge in [0.05, 0.1) is 17.8 Å². The predicted octanol–water partition coefficient (Wildman–Crippen LogP) is 3.09. The first-order valence-corrected chi connectivity index (χ1v) is 14.4. The Morgan fingerprint density at radius 3 is 2.43 bits per heavy atom. The van der Waals surface area contributed by atoms with Gasteiger partial charge in [-0.1, -0.05) is 0 Å². The molecule has 0 saturated carbocycles. The Bertz CT molecular complexity index is 1060. The van der Waals surface area contributed by atoms with Gasteiger partial charge in [0.1, 0.15) is 5.75 Å². The number of pyridine rings is 1. The molecule has 2 heterocycles. The lowest BCUT2D eigenvalue weighted by Gasteiger charge is -2.33. The summed E-state index contributed by atoms with van der Waals surface area (Å²) in [5.74, 6) is 1.99. The molecule has 0 bridgehead atoms. The van der Waals surface area contributed by atoms with Crippen molar-refractivity contribution in [2.75, 3.05) is 56.7 Å². The number of thioether (sulfide) groups is 1. The fourth-order valence-electron chi connectivity index (χ4n) is 4.33. The summed E-state index contributed by atoms with van der Waals surface area (Å²) in [5.41, 5.74) is 2.52. The number of amides is 1. The number of aromatic nitrogens is 1. The van der Waals surface area contributed by atoms with Crippen molar-refractivity contribution in [1.29, 1.82) is 0 Å². The number of piperidine rings is 1. The zero-order valence-electron chi connectivity index (χ0n) is 21.0. The summed E-state index contributed by atoms with van der Waals surface area (Å²) >= 11 is 1.45. The minimum Gasteiger partial charge on any atom is -0.497 e. The Kier molecular flexibility index (Phi) is 9.82. The minimum atomic E-state index is -3.62. The second-order valence-electron chi connectivity index (χ2n) is 8.91. The summed E-state index contributed by atoms with van der Waals surface area (Å²) in [6.07, 6.45) is 5.71. The van der Waals surface area contributed by atoms with Gasteiger partial charge in [0, 0.05) is 57.1 Å². The highest BCUT2D eigenvalue weighted by Gasteiger charge is 2.25. The molecule has 1 aliphatic rings. The van der Waals surface area contributed by atoms with Crippen LogP contribution < -0.4 is 15.0 Å². The topological polar surface area (TPSA) is 91.8 Å². The lowest BCUT2D eigenvalue weighted by atomic mass is 9.96. The Labute approximate surface area is 213 Å². The molecule has 0 atom stereocenters. The molecule has 3 rings (SSSR count). The summed E-state index contributed by atoms with van der Waals surface area (Å²) in [4.78, 5) is 19.0. The van der Waals surface area contributed by atoms with E-state index >= 15 is 0 Å². The van der Waals surface area contributed by atoms with E-state index in [1.807, 2.05) is 24.5 Å². The number of benzene rings is 1. The van der Waals surface area contributed by atoms with Crippen molar-refractivity contribution in [3.05, 3.63) is 47.8 Å². The van der Waals surface area contributed by atoms with E-state index in [9.17, 15) is 13.2 Å². The monoisotopic (exact) mass is 520 g/mol. The maximum Gasteiger partial charge on any atom is 0.243 e. The summed E-state index contributed by atoms with van der Waals surface area (Å²) in [5, 5.41) is 3.04. The second-order valence-corrected chi connectivity index (χ2v) is 12.0. The Morgan fingerprint density at radius 2 is 1.83 bits per heavy atom. The van der Waals surface area contributed by atoms with Crippen molar-refractivity contribution in [2.45, 2.75) is 31.6 Å². The number of hydrogen-bond acceptors (Lipinski definition) is 7. The Balaban J connectivity index is 1.36. The zero-order valence-corrected chi connectivity index (χ0v) is 22.6. The summed E-state index contributed by atoms with van der Waals surface area (Å²) in [7, 11) is -0.474. The SMILES string of the molecule is COc1cc(C)c(S(=O)(=O)N(C)CCSCC(=O)NCC2CCN(c3ccncc3)CC2)c(C)c1. The number of nitrogens with one attached hydrogen (secondary N) is 1. The highest BCUT2D eigenvalue weighted by molar-refractivity contribution is 8.00. The van der Waals surface area contributed by atoms with Crippen LogP contribution in [-0.2, 0) is 14.8 Å². The minimum absolute atomic E-state index is 0.00100. The molecular weight excluding hydrogens is 484 g/mol. The van der Waals surface area contributed by atoms with E-state index in [-0.39, 0.29) is 5.91 Å². The lowest BCUT2D eigenvalue weighted by Crippen LogP contribution is -2.39. The number of ether oxygens (including phenoxy) is 1. The molecule has 0 unspecified atom stereocenters. The van der Waals surface area contributed by atoms with Gasteiger partial charge in [-0.25, -0.2) is 12.7 Å². The third kappa shape index (κ3) is 7.35. The van der Waals surface area contributed by atoms with E-state index in [2.05, 4.69) is 15.2 Å². The molecule has 35 heavy (non-hydrogen) atoms. The third-order valence-corrected chi connectivity index (χ3v) is 9.45. The van der Waals surface area contributed by atoms with Crippen LogP contribution in [0.4, 0.5) is 5.69 Å². The molecule has 1 aliphatic heterocycles. The van der Waals surface area contributed by atoms with Gasteiger partial charge >= 0.3 is 0 Å². The Hall–Kier alpha value is -2.30. The third-order valence-electron chi connectivity index (χ3n) is 6.35. The molecule has 0 radical (unpaired) electrons. The van der Waals surface area contributed by atoms with Gasteiger partial charge in [0.2, 0.25) is 15.9 Å². The summed E-state index contributed by atoms with van der Waals surface area (Å²) in [6, 6.07) is 7.52. The van der Waals surface area contributed by atoms with E-state index in [0.717, 1.165) is 25.9 Å². The fourth-order valence-corrected chi connectivity index (χ4v) is 6.85. The van der Waals surface area contributed by atoms with Crippen molar-refractivity contribution in [3.8, 4) is 5.75 Å². The molecule has 1 aromatic carbocycles. The molecule has 0 aliphatic carbocycles. The molecule has 8 nitrogen and oxygen atoms in total. The maximum absolute atomic E-state index is 13.1. The lowest BCUT2D eigenvalue weighted by molar-refractivity contribution is -0.118. The normalized spacial score (nSPS) is 14.8. The van der Waals surface area contributed by atoms with Gasteiger partial charge in [0.15, 0.2) is 0 Å². The molecule has 1 saturated heterocycles. The fraction of sp³-hybridized carbons (Fsp3) is 0.520. The molecular formula is C25H36N4O4S2. The molecule has 2 aromatic rings. The van der Waals surface area contributed by atoms with Crippen molar-refractivity contribution < 1.29 is 17.9 Å². The number of carbonyl (C=O) groups excluding carboxylic acids is 1. The van der Waals surface area contributed by atoms with Crippen LogP contribution in [0.15, 0.2) is 41.6 Å². The highest BCUT2D eigenvalue weighted by atomic mass is 32.2. The number of hydrogen-bond donors (Lipinski definition) is 1. The van der Waals surface area contributed by atoms with Crippen LogP contribution >= 0.6 is 11.8 Å². The molecule has 0 spiro atoms. The quantitative estimate of drug-likeness (QED) is 0.455. The average molecular weight is 521 g/mol. The molecule has 1 N–H and O–H groups in total. The van der Waals surface area contributed by atoms with Gasteiger partial charge in [0.25, 0.3) is 0 Å². The van der Waals surface area contributed by atoms with Crippen LogP contribution in [-0.4, -0.2) is 75.5 Å². The Morgan fingerprint density at radius 1 is 1.20 bits per heavy atom. The first-order chi connectivity index (χ1) is 16.7. The smallest absolute Gasteiger partial charge is 0.243 e. The number of aryl methyl sites for hydroxylation is 2. The number of nitrogens with zero attached hydrogens (tertiary/aromatic N) is 3. The number of carbonyl (C=O) groups is 1. The van der Waals surface area contributed by atoms with Crippen LogP contribution in [0.1, 0.15) is 24.0 Å². The van der Waals surface area contributed by atoms with Gasteiger partial charge in [-0.2, -0.15) is 11.8 Å². The molecule has 1 amide bonds. The van der Waals surface area contributed by atoms with Crippen LogP contribution in [0.2, 0.25) is 0 Å². The van der Waals surface area contributed by atoms with Crippen molar-refractivity contribution in [1.82, 2.24) is 14.6 Å². The van der Waals surface area contributed by atoms with Gasteiger partial charge in [-0.15, -0.1) is 0 Å². The number of rotatable bonds is 11. The largest absolute Gasteiger partial charge is 0.497 e. The second kappa shape index (κ2) is 12.6. The van der Waals surface area contributed by atoms with Crippen LogP contribution in [0.5, 0.6) is 5.75 Å². The van der Waals surface area contributed by atoms with E-state index < -0.39 is 10.0 Å². The maximum atomic E-state index is 13.1. The number of anilines is 1. The predicted molar refractivity (Wildman–Crippen MR) is 142 cm³/mol. The van der Waals surface area contributed by atoms with Crippen molar-refractivity contribution >= 4 is 33.4 Å². The van der Waals surface area contributed by atoms with Crippen molar-refractivity contribution in [2.24, 2.45) is 5.92 Å². The average Bonchev–Trinajstić information content (AvgIpc) is 2.85. The summed E-state index contributed by atoms with van der Waals surface area (Å²) < 4.78 is 32.8. The molecule has 1 fully saturated rings. The van der Waals surface area contributed by atoms with E-state index in [1.165, 1.54) is 21.8 Å². The van der Waals surface area contributed by atoms with Crippen LogP contribution in [0.25, 0.3) is 0 Å². The number of sulfonamides is 1. The van der Waals surface area contributed by atoms with Crippen molar-refractivity contribution in [3.63, 3.8) is 0 Å². The van der Waals surface area contributed by atoms with Crippen LogP contribution in [0, 0.1) is 19.8 Å². The molecule has 192 valence electrons. The summed E-state index contributed by atoms with van der Waals surface area (Å²) in [6.45, 7) is 6.53. The van der Waals surface area contributed by atoms with E-state index in [4.69, 9.17) is 4.74 Å². The molecule has 10 heteroatoms.